The van der Waals surface area contributed by atoms with Crippen molar-refractivity contribution in [2.75, 3.05) is 6.54 Å². The van der Waals surface area contributed by atoms with Crippen molar-refractivity contribution in [2.45, 2.75) is 12.5 Å². The summed E-state index contributed by atoms with van der Waals surface area (Å²) < 4.78 is 0. The van der Waals surface area contributed by atoms with Gasteiger partial charge in [0.05, 0.1) is 0 Å². The maximum Gasteiger partial charge on any atom is 0.0406 e. The van der Waals surface area contributed by atoms with E-state index in [1.54, 1.807) is 0 Å². The molecule has 1 unspecified atom stereocenters. The van der Waals surface area contributed by atoms with E-state index in [4.69, 9.17) is 41.9 Å². The van der Waals surface area contributed by atoms with Gasteiger partial charge in [0.25, 0.3) is 0 Å². The van der Waals surface area contributed by atoms with Gasteiger partial charge in [0, 0.05) is 5.02 Å². The van der Waals surface area contributed by atoms with Gasteiger partial charge in [0.2, 0.25) is 0 Å². The molecule has 0 radical (unpaired) electrons. The van der Waals surface area contributed by atoms with Gasteiger partial charge in [-0.1, -0.05) is 23.7 Å². The second kappa shape index (κ2) is 9.89. The molecule has 0 bridgehead atoms. The van der Waals surface area contributed by atoms with E-state index in [0.717, 1.165) is 5.56 Å². The molecule has 0 aromatic heterocycles. The molecule has 0 spiro atoms. The monoisotopic (exact) mass is 447 g/mol. The molecule has 1 aromatic rings. The van der Waals surface area contributed by atoms with Crippen molar-refractivity contribution in [3.8, 4) is 0 Å². The third-order valence-electron chi connectivity index (χ3n) is 1.64. The van der Waals surface area contributed by atoms with Crippen LogP contribution in [0.2, 0.25) is 5.02 Å². The summed E-state index contributed by atoms with van der Waals surface area (Å²) >= 11 is 5.23. The maximum atomic E-state index is 7.39. The smallest absolute Gasteiger partial charge is 0.0406 e. The molecule has 2 nitrogen and oxygen atoms in total. The summed E-state index contributed by atoms with van der Waals surface area (Å²) in [7, 11) is 9.75. The van der Waals surface area contributed by atoms with Crippen molar-refractivity contribution >= 4 is 30.4 Å². The van der Waals surface area contributed by atoms with Crippen LogP contribution in [0.15, 0.2) is 24.3 Å². The number of halogens is 3. The van der Waals surface area contributed by atoms with E-state index in [2.05, 4.69) is 0 Å². The second-order valence-corrected chi connectivity index (χ2v) is 6.50. The van der Waals surface area contributed by atoms with Gasteiger partial charge in [0.15, 0.2) is 0 Å². The zero-order valence-corrected chi connectivity index (χ0v) is 12.3. The first-order valence-electron chi connectivity index (χ1n) is 4.06. The van der Waals surface area contributed by atoms with Crippen molar-refractivity contribution in [3.63, 3.8) is 0 Å². The Morgan fingerprint density at radius 1 is 1.20 bits per heavy atom. The van der Waals surface area contributed by atoms with E-state index in [-0.39, 0.29) is 12.6 Å². The van der Waals surface area contributed by atoms with Crippen molar-refractivity contribution < 1.29 is 16.5 Å². The normalized spacial score (nSPS) is 11.8. The molecule has 0 aliphatic carbocycles. The van der Waals surface area contributed by atoms with Crippen LogP contribution in [0.3, 0.4) is 0 Å². The van der Waals surface area contributed by atoms with Crippen molar-refractivity contribution in [1.29, 1.82) is 0 Å². The Labute approximate surface area is 112 Å². The molecule has 0 heterocycles. The van der Waals surface area contributed by atoms with Crippen LogP contribution in [0.4, 0.5) is 0 Å². The summed E-state index contributed by atoms with van der Waals surface area (Å²) in [6.07, 6.45) is 0.640. The van der Waals surface area contributed by atoms with Crippen LogP contribution < -0.4 is 0 Å². The first-order valence-corrected chi connectivity index (χ1v) is 10.1. The van der Waals surface area contributed by atoms with Crippen molar-refractivity contribution in [3.05, 3.63) is 46.3 Å². The van der Waals surface area contributed by atoms with Gasteiger partial charge in [-0.15, -0.1) is 0 Å². The molecule has 1 rings (SSSR count). The molecule has 88 valence electrons. The fourth-order valence-electron chi connectivity index (χ4n) is 0.977. The van der Waals surface area contributed by atoms with E-state index < -0.39 is 16.5 Å². The Morgan fingerprint density at radius 3 is 2.07 bits per heavy atom. The summed E-state index contributed by atoms with van der Waals surface area (Å²) in [5.41, 5.74) is 15.5. The SMILES string of the molecule is [Cl][Pt+2][Cl].[NH-]CC([NH-])Cc1ccc(Cl)cc1. The topological polar surface area (TPSA) is 47.6 Å². The molecular formula is C9H11Cl3N2Pt. The van der Waals surface area contributed by atoms with Gasteiger partial charge in [-0.3, -0.25) is 0 Å². The van der Waals surface area contributed by atoms with Gasteiger partial charge in [-0.25, -0.2) is 0 Å². The van der Waals surface area contributed by atoms with Gasteiger partial charge < -0.3 is 11.5 Å². The summed E-state index contributed by atoms with van der Waals surface area (Å²) in [5, 5.41) is 0.714. The standard InChI is InChI=1S/C9H11ClN2.2ClH.Pt/c10-8-3-1-7(2-4-8)5-9(12)6-11;;;/h1-4,9,11-12H,5-6H2;2*1H;/q-2;;;+4/p-2. The number of nitrogens with one attached hydrogen (secondary N) is 2. The van der Waals surface area contributed by atoms with Crippen LogP contribution in [0.25, 0.3) is 11.5 Å². The number of hydrogen-bond acceptors (Lipinski definition) is 0. The predicted molar refractivity (Wildman–Crippen MR) is 64.2 cm³/mol. The maximum absolute atomic E-state index is 7.39. The number of rotatable bonds is 3. The van der Waals surface area contributed by atoms with Crippen molar-refractivity contribution in [1.82, 2.24) is 0 Å². The Hall–Kier alpha value is 0.698. The summed E-state index contributed by atoms with van der Waals surface area (Å²) in [6, 6.07) is 7.12. The molecule has 0 aliphatic rings. The van der Waals surface area contributed by atoms with Crippen LogP contribution in [0.5, 0.6) is 0 Å². The average molecular weight is 449 g/mol. The largest absolute Gasteiger partial charge is 0.679 e. The van der Waals surface area contributed by atoms with Crippen molar-refractivity contribution in [2.24, 2.45) is 0 Å². The molecule has 0 saturated heterocycles. The molecule has 0 amide bonds. The van der Waals surface area contributed by atoms with Crippen LogP contribution in [-0.4, -0.2) is 12.6 Å². The zero-order chi connectivity index (χ0) is 11.7. The summed E-state index contributed by atoms with van der Waals surface area (Å²) in [4.78, 5) is 0. The fraction of sp³-hybridized carbons (Fsp3) is 0.333. The minimum Gasteiger partial charge on any atom is -0.679 e. The van der Waals surface area contributed by atoms with Crippen LogP contribution in [-0.2, 0) is 22.9 Å². The van der Waals surface area contributed by atoms with E-state index in [0.29, 0.717) is 11.4 Å². The minimum atomic E-state index is -0.472. The minimum absolute atomic E-state index is 0.155. The molecule has 2 N–H and O–H groups in total. The Bertz CT molecular complexity index is 256. The summed E-state index contributed by atoms with van der Waals surface area (Å²) in [5.74, 6) is 0. The van der Waals surface area contributed by atoms with Gasteiger partial charge in [-0.2, -0.15) is 12.6 Å². The second-order valence-electron chi connectivity index (χ2n) is 2.78. The molecular weight excluding hydrogens is 438 g/mol. The molecule has 0 aliphatic heterocycles. The molecule has 1 atom stereocenters. The van der Waals surface area contributed by atoms with Gasteiger partial charge in [0.1, 0.15) is 0 Å². The zero-order valence-electron chi connectivity index (χ0n) is 7.75. The number of hydrogen-bond donors (Lipinski definition) is 0. The Kier molecular flexibility index (Phi) is 10.4. The van der Waals surface area contributed by atoms with E-state index in [1.165, 1.54) is 0 Å². The molecule has 0 fully saturated rings. The third kappa shape index (κ3) is 8.50. The first-order chi connectivity index (χ1) is 7.13. The van der Waals surface area contributed by atoms with E-state index in [1.807, 2.05) is 24.3 Å². The van der Waals surface area contributed by atoms with E-state index in [9.17, 15) is 0 Å². The van der Waals surface area contributed by atoms with Gasteiger partial charge in [-0.05, 0) is 24.1 Å². The van der Waals surface area contributed by atoms with Crippen LogP contribution >= 0.6 is 30.4 Å². The Balaban J connectivity index is 0.000000583. The number of benzene rings is 1. The molecule has 0 saturated carbocycles. The van der Waals surface area contributed by atoms with Crippen LogP contribution in [0.1, 0.15) is 5.56 Å². The van der Waals surface area contributed by atoms with Crippen LogP contribution in [0, 0.1) is 0 Å². The van der Waals surface area contributed by atoms with Gasteiger partial charge >= 0.3 is 35.3 Å². The van der Waals surface area contributed by atoms with E-state index >= 15 is 0 Å². The molecule has 15 heavy (non-hydrogen) atoms. The summed E-state index contributed by atoms with van der Waals surface area (Å²) in [6.45, 7) is 0.155. The fourth-order valence-corrected chi connectivity index (χ4v) is 1.10. The third-order valence-corrected chi connectivity index (χ3v) is 1.89. The predicted octanol–water partition coefficient (Wildman–Crippen LogP) is 4.73. The average Bonchev–Trinajstić information content (AvgIpc) is 2.22. The Morgan fingerprint density at radius 2 is 1.67 bits per heavy atom. The quantitative estimate of drug-likeness (QED) is 0.642. The molecule has 6 heteroatoms. The molecule has 1 aromatic carbocycles. The first kappa shape index (κ1) is 15.7.